The zero-order valence-corrected chi connectivity index (χ0v) is 15.4. The molecule has 6 nitrogen and oxygen atoms in total. The van der Waals surface area contributed by atoms with Gasteiger partial charge in [0.15, 0.2) is 0 Å². The van der Waals surface area contributed by atoms with E-state index in [1.165, 1.54) is 12.0 Å². The zero-order chi connectivity index (χ0) is 19.4. The number of carbonyl (C=O) groups excluding carboxylic acids is 3. The van der Waals surface area contributed by atoms with E-state index < -0.39 is 11.9 Å². The standard InChI is InChI=1S/C21H22N2O4/c1-14-6-5-7-15(10-14)12-22-20(25)16-11-19(24)23(13-16)18-9-4-3-8-17(18)21(26)27-2/h3-10,16H,11-13H2,1-2H3,(H,22,25). The number of carbonyl (C=O) groups is 3. The van der Waals surface area contributed by atoms with E-state index in [4.69, 9.17) is 4.74 Å². The molecule has 1 atom stereocenters. The predicted molar refractivity (Wildman–Crippen MR) is 101 cm³/mol. The highest BCUT2D eigenvalue weighted by Gasteiger charge is 2.36. The maximum absolute atomic E-state index is 12.5. The van der Waals surface area contributed by atoms with Gasteiger partial charge in [0, 0.05) is 19.5 Å². The minimum atomic E-state index is -0.509. The lowest BCUT2D eigenvalue weighted by Crippen LogP contribution is -2.33. The Balaban J connectivity index is 1.69. The molecule has 1 unspecified atom stereocenters. The lowest BCUT2D eigenvalue weighted by atomic mass is 10.1. The van der Waals surface area contributed by atoms with Gasteiger partial charge in [0.1, 0.15) is 0 Å². The van der Waals surface area contributed by atoms with E-state index in [1.807, 2.05) is 31.2 Å². The number of esters is 1. The number of ether oxygens (including phenoxy) is 1. The lowest BCUT2D eigenvalue weighted by molar-refractivity contribution is -0.126. The third-order valence-electron chi connectivity index (χ3n) is 4.65. The molecule has 2 aromatic carbocycles. The monoisotopic (exact) mass is 366 g/mol. The van der Waals surface area contributed by atoms with E-state index in [0.717, 1.165) is 11.1 Å². The number of aryl methyl sites for hydroxylation is 1. The van der Waals surface area contributed by atoms with Crippen LogP contribution in [-0.4, -0.2) is 31.4 Å². The summed E-state index contributed by atoms with van der Waals surface area (Å²) in [6, 6.07) is 14.7. The van der Waals surface area contributed by atoms with Crippen molar-refractivity contribution in [2.24, 2.45) is 5.92 Å². The molecule has 0 saturated carbocycles. The number of rotatable bonds is 5. The second-order valence-corrected chi connectivity index (χ2v) is 6.62. The van der Waals surface area contributed by atoms with Crippen LogP contribution in [-0.2, 0) is 20.9 Å². The molecule has 2 aromatic rings. The smallest absolute Gasteiger partial charge is 0.339 e. The maximum atomic E-state index is 12.5. The van der Waals surface area contributed by atoms with Gasteiger partial charge in [-0.2, -0.15) is 0 Å². The van der Waals surface area contributed by atoms with Crippen molar-refractivity contribution >= 4 is 23.5 Å². The van der Waals surface area contributed by atoms with E-state index in [1.54, 1.807) is 24.3 Å². The van der Waals surface area contributed by atoms with Crippen molar-refractivity contribution in [3.8, 4) is 0 Å². The molecule has 6 heteroatoms. The van der Waals surface area contributed by atoms with Gasteiger partial charge in [0.05, 0.1) is 24.3 Å². The molecule has 1 heterocycles. The number of anilines is 1. The Morgan fingerprint density at radius 2 is 1.96 bits per heavy atom. The molecule has 0 aliphatic carbocycles. The maximum Gasteiger partial charge on any atom is 0.339 e. The zero-order valence-electron chi connectivity index (χ0n) is 15.4. The molecular formula is C21H22N2O4. The summed E-state index contributed by atoms with van der Waals surface area (Å²) in [5, 5.41) is 2.90. The average Bonchev–Trinajstić information content (AvgIpc) is 3.07. The molecule has 1 fully saturated rings. The Hall–Kier alpha value is -3.15. The van der Waals surface area contributed by atoms with E-state index in [2.05, 4.69) is 5.32 Å². The van der Waals surface area contributed by atoms with Crippen LogP contribution in [0.25, 0.3) is 0 Å². The first kappa shape index (κ1) is 18.6. The van der Waals surface area contributed by atoms with Crippen LogP contribution in [0.3, 0.4) is 0 Å². The minimum Gasteiger partial charge on any atom is -0.465 e. The highest BCUT2D eigenvalue weighted by Crippen LogP contribution is 2.28. The summed E-state index contributed by atoms with van der Waals surface area (Å²) in [6.45, 7) is 2.66. The van der Waals surface area contributed by atoms with Crippen LogP contribution in [0, 0.1) is 12.8 Å². The van der Waals surface area contributed by atoms with Crippen LogP contribution >= 0.6 is 0 Å². The summed E-state index contributed by atoms with van der Waals surface area (Å²) in [4.78, 5) is 38.4. The van der Waals surface area contributed by atoms with Crippen molar-refractivity contribution in [3.05, 3.63) is 65.2 Å². The molecule has 1 saturated heterocycles. The fraction of sp³-hybridized carbons (Fsp3) is 0.286. The van der Waals surface area contributed by atoms with Crippen LogP contribution in [0.2, 0.25) is 0 Å². The molecule has 2 amide bonds. The van der Waals surface area contributed by atoms with Gasteiger partial charge in [0.2, 0.25) is 11.8 Å². The van der Waals surface area contributed by atoms with Gasteiger partial charge in [-0.15, -0.1) is 0 Å². The van der Waals surface area contributed by atoms with Gasteiger partial charge >= 0.3 is 5.97 Å². The SMILES string of the molecule is COC(=O)c1ccccc1N1CC(C(=O)NCc2cccc(C)c2)CC1=O. The van der Waals surface area contributed by atoms with Gasteiger partial charge in [-0.1, -0.05) is 42.0 Å². The third-order valence-corrected chi connectivity index (χ3v) is 4.65. The topological polar surface area (TPSA) is 75.7 Å². The van der Waals surface area contributed by atoms with Gasteiger partial charge in [-0.05, 0) is 24.6 Å². The van der Waals surface area contributed by atoms with Crippen molar-refractivity contribution < 1.29 is 19.1 Å². The molecule has 3 rings (SSSR count). The van der Waals surface area contributed by atoms with Crippen molar-refractivity contribution in [2.45, 2.75) is 19.9 Å². The molecule has 1 N–H and O–H groups in total. The average molecular weight is 366 g/mol. The first-order valence-electron chi connectivity index (χ1n) is 8.80. The fourth-order valence-corrected chi connectivity index (χ4v) is 3.26. The molecule has 27 heavy (non-hydrogen) atoms. The van der Waals surface area contributed by atoms with Crippen molar-refractivity contribution in [3.63, 3.8) is 0 Å². The van der Waals surface area contributed by atoms with E-state index in [0.29, 0.717) is 17.8 Å². The van der Waals surface area contributed by atoms with Gasteiger partial charge in [0.25, 0.3) is 0 Å². The van der Waals surface area contributed by atoms with E-state index in [9.17, 15) is 14.4 Å². The molecule has 140 valence electrons. The van der Waals surface area contributed by atoms with Crippen LogP contribution in [0.5, 0.6) is 0 Å². The Kier molecular flexibility index (Phi) is 5.54. The highest BCUT2D eigenvalue weighted by molar-refractivity contribution is 6.05. The number of amides is 2. The van der Waals surface area contributed by atoms with Crippen molar-refractivity contribution in [2.75, 3.05) is 18.6 Å². The molecular weight excluding hydrogens is 344 g/mol. The van der Waals surface area contributed by atoms with Gasteiger partial charge < -0.3 is 15.0 Å². The lowest BCUT2D eigenvalue weighted by Gasteiger charge is -2.19. The summed E-state index contributed by atoms with van der Waals surface area (Å²) in [5.74, 6) is -1.30. The fourth-order valence-electron chi connectivity index (χ4n) is 3.26. The summed E-state index contributed by atoms with van der Waals surface area (Å²) in [7, 11) is 1.30. The number of nitrogens with one attached hydrogen (secondary N) is 1. The number of hydrogen-bond donors (Lipinski definition) is 1. The molecule has 0 bridgehead atoms. The van der Waals surface area contributed by atoms with Crippen LogP contribution < -0.4 is 10.2 Å². The summed E-state index contributed by atoms with van der Waals surface area (Å²) in [6.07, 6.45) is 0.120. The normalized spacial score (nSPS) is 16.3. The highest BCUT2D eigenvalue weighted by atomic mass is 16.5. The van der Waals surface area contributed by atoms with Crippen LogP contribution in [0.15, 0.2) is 48.5 Å². The molecule has 1 aliphatic heterocycles. The van der Waals surface area contributed by atoms with Crippen LogP contribution in [0.1, 0.15) is 27.9 Å². The second kappa shape index (κ2) is 8.03. The number of hydrogen-bond acceptors (Lipinski definition) is 4. The second-order valence-electron chi connectivity index (χ2n) is 6.62. The minimum absolute atomic E-state index is 0.120. The van der Waals surface area contributed by atoms with Crippen molar-refractivity contribution in [1.29, 1.82) is 0 Å². The first-order valence-corrected chi connectivity index (χ1v) is 8.80. The van der Waals surface area contributed by atoms with E-state index in [-0.39, 0.29) is 24.8 Å². The summed E-state index contributed by atoms with van der Waals surface area (Å²) in [5.41, 5.74) is 2.93. The predicted octanol–water partition coefficient (Wildman–Crippen LogP) is 2.45. The Bertz CT molecular complexity index is 878. The first-order chi connectivity index (χ1) is 13.0. The molecule has 1 aliphatic rings. The summed E-state index contributed by atoms with van der Waals surface area (Å²) < 4.78 is 4.79. The Labute approximate surface area is 158 Å². The Morgan fingerprint density at radius 3 is 2.70 bits per heavy atom. The number of benzene rings is 2. The number of nitrogens with zero attached hydrogens (tertiary/aromatic N) is 1. The quantitative estimate of drug-likeness (QED) is 0.825. The van der Waals surface area contributed by atoms with Crippen molar-refractivity contribution in [1.82, 2.24) is 5.32 Å². The van der Waals surface area contributed by atoms with Gasteiger partial charge in [-0.25, -0.2) is 4.79 Å². The number of para-hydroxylation sites is 1. The largest absolute Gasteiger partial charge is 0.465 e. The van der Waals surface area contributed by atoms with E-state index >= 15 is 0 Å². The molecule has 0 aromatic heterocycles. The van der Waals surface area contributed by atoms with Gasteiger partial charge in [-0.3, -0.25) is 9.59 Å². The number of methoxy groups -OCH3 is 1. The Morgan fingerprint density at radius 1 is 1.19 bits per heavy atom. The third kappa shape index (κ3) is 4.16. The van der Waals surface area contributed by atoms with Crippen LogP contribution in [0.4, 0.5) is 5.69 Å². The molecule has 0 radical (unpaired) electrons. The molecule has 0 spiro atoms. The summed E-state index contributed by atoms with van der Waals surface area (Å²) >= 11 is 0.